The highest BCUT2D eigenvalue weighted by Crippen LogP contribution is 2.33. The van der Waals surface area contributed by atoms with Crippen LogP contribution in [0.2, 0.25) is 0 Å². The van der Waals surface area contributed by atoms with Gasteiger partial charge in [-0.2, -0.15) is 13.2 Å². The van der Waals surface area contributed by atoms with Crippen LogP contribution in [-0.4, -0.2) is 78.0 Å². The first-order valence-electron chi connectivity index (χ1n) is 11.6. The van der Waals surface area contributed by atoms with Crippen LogP contribution in [0.4, 0.5) is 24.5 Å². The Morgan fingerprint density at radius 1 is 1.03 bits per heavy atom. The Morgan fingerprint density at radius 3 is 2.13 bits per heavy atom. The standard InChI is InChI=1S/C22H30N4O5S.C2HF3O2/c1-15(2)24-22(27)16-5-7-19(26-11-9-23-10-12-26)18(13-16)25-32(28,29)17-6-8-20(30-3)21(14-17)31-4;3-2(4,5)1(6)7/h5-8,13-15,23,25H,9-12H2,1-4H3,(H,24,27);(H,6,7). The number of hydrogen-bond donors (Lipinski definition) is 4. The summed E-state index contributed by atoms with van der Waals surface area (Å²) < 4.78 is 71.3. The number of aliphatic carboxylic acids is 1. The van der Waals surface area contributed by atoms with E-state index in [9.17, 15) is 26.4 Å². The summed E-state index contributed by atoms with van der Waals surface area (Å²) in [6, 6.07) is 9.42. The van der Waals surface area contributed by atoms with Gasteiger partial charge < -0.3 is 30.1 Å². The number of rotatable bonds is 8. The molecule has 1 saturated heterocycles. The van der Waals surface area contributed by atoms with Crippen molar-refractivity contribution >= 4 is 33.3 Å². The molecule has 1 amide bonds. The third-order valence-corrected chi connectivity index (χ3v) is 6.65. The summed E-state index contributed by atoms with van der Waals surface area (Å²) in [7, 11) is -1.03. The van der Waals surface area contributed by atoms with Crippen LogP contribution in [0.3, 0.4) is 0 Å². The van der Waals surface area contributed by atoms with E-state index in [1.165, 1.54) is 32.4 Å². The summed E-state index contributed by atoms with van der Waals surface area (Å²) in [4.78, 5) is 23.6. The molecule has 3 rings (SSSR count). The number of ether oxygens (including phenoxy) is 2. The summed E-state index contributed by atoms with van der Waals surface area (Å²) >= 11 is 0. The molecule has 1 heterocycles. The molecule has 0 aromatic heterocycles. The van der Waals surface area contributed by atoms with Crippen LogP contribution in [0.25, 0.3) is 0 Å². The average Bonchev–Trinajstić information content (AvgIpc) is 2.87. The van der Waals surface area contributed by atoms with Crippen molar-refractivity contribution in [2.75, 3.05) is 50.0 Å². The van der Waals surface area contributed by atoms with Gasteiger partial charge in [0, 0.05) is 43.9 Å². The van der Waals surface area contributed by atoms with Gasteiger partial charge in [-0.15, -0.1) is 0 Å². The van der Waals surface area contributed by atoms with Gasteiger partial charge in [0.25, 0.3) is 15.9 Å². The lowest BCUT2D eigenvalue weighted by molar-refractivity contribution is -0.192. The highest BCUT2D eigenvalue weighted by molar-refractivity contribution is 7.92. The Bertz CT molecular complexity index is 1260. The summed E-state index contributed by atoms with van der Waals surface area (Å²) in [5.74, 6) is -2.28. The molecule has 1 aliphatic heterocycles. The van der Waals surface area contributed by atoms with E-state index in [4.69, 9.17) is 19.4 Å². The smallest absolute Gasteiger partial charge is 0.490 e. The first-order valence-corrected chi connectivity index (χ1v) is 13.1. The Hall–Kier alpha value is -3.72. The number of methoxy groups -OCH3 is 2. The van der Waals surface area contributed by atoms with Crippen LogP contribution < -0.4 is 29.7 Å². The molecule has 0 saturated carbocycles. The minimum atomic E-state index is -5.08. The average molecular weight is 577 g/mol. The van der Waals surface area contributed by atoms with Crippen molar-refractivity contribution in [2.24, 2.45) is 0 Å². The SMILES string of the molecule is COc1ccc(S(=O)(=O)Nc2cc(C(=O)NC(C)C)ccc2N2CCNCC2)cc1OC.O=C(O)C(F)(F)F. The molecular weight excluding hydrogens is 545 g/mol. The first kappa shape index (κ1) is 31.5. The van der Waals surface area contributed by atoms with Crippen molar-refractivity contribution in [3.05, 3.63) is 42.0 Å². The molecule has 2 aromatic rings. The number of amides is 1. The second-order valence-corrected chi connectivity index (χ2v) is 10.2. The Kier molecular flexibility index (Phi) is 10.8. The quantitative estimate of drug-likeness (QED) is 0.373. The fraction of sp³-hybridized carbons (Fsp3) is 0.417. The Balaban J connectivity index is 0.000000673. The van der Waals surface area contributed by atoms with Gasteiger partial charge in [0.1, 0.15) is 0 Å². The fourth-order valence-electron chi connectivity index (χ4n) is 3.47. The van der Waals surface area contributed by atoms with Crippen molar-refractivity contribution in [3.63, 3.8) is 0 Å². The minimum Gasteiger partial charge on any atom is -0.493 e. The number of halogens is 3. The summed E-state index contributed by atoms with van der Waals surface area (Å²) in [5.41, 5.74) is 1.44. The van der Waals surface area contributed by atoms with Gasteiger partial charge >= 0.3 is 12.1 Å². The number of carbonyl (C=O) groups is 2. The maximum absolute atomic E-state index is 13.2. The molecule has 0 bridgehead atoms. The zero-order valence-electron chi connectivity index (χ0n) is 21.8. The predicted octanol–water partition coefficient (Wildman–Crippen LogP) is 2.69. The normalized spacial score (nSPS) is 13.7. The summed E-state index contributed by atoms with van der Waals surface area (Å²) in [5, 5.41) is 13.2. The molecule has 1 aliphatic rings. The molecule has 11 nitrogen and oxygen atoms in total. The molecule has 0 atom stereocenters. The number of anilines is 2. The number of nitrogens with one attached hydrogen (secondary N) is 3. The van der Waals surface area contributed by atoms with Crippen molar-refractivity contribution in [3.8, 4) is 11.5 Å². The van der Waals surface area contributed by atoms with Crippen LogP contribution in [-0.2, 0) is 14.8 Å². The number of hydrogen-bond acceptors (Lipinski definition) is 8. The van der Waals surface area contributed by atoms with E-state index in [0.29, 0.717) is 22.7 Å². The lowest BCUT2D eigenvalue weighted by Crippen LogP contribution is -2.43. The zero-order valence-corrected chi connectivity index (χ0v) is 22.6. The topological polar surface area (TPSA) is 146 Å². The first-order chi connectivity index (χ1) is 18.2. The van der Waals surface area contributed by atoms with E-state index in [-0.39, 0.29) is 16.8 Å². The second-order valence-electron chi connectivity index (χ2n) is 8.52. The minimum absolute atomic E-state index is 0.0263. The van der Waals surface area contributed by atoms with Crippen LogP contribution >= 0.6 is 0 Å². The number of piperazine rings is 1. The molecule has 2 aromatic carbocycles. The summed E-state index contributed by atoms with van der Waals surface area (Å²) in [6.45, 7) is 6.77. The number of carboxylic acid groups (broad SMARTS) is 1. The Labute approximate surface area is 224 Å². The van der Waals surface area contributed by atoms with E-state index in [2.05, 4.69) is 20.3 Å². The molecule has 0 spiro atoms. The number of benzene rings is 2. The highest BCUT2D eigenvalue weighted by atomic mass is 32.2. The van der Waals surface area contributed by atoms with Crippen molar-refractivity contribution in [1.29, 1.82) is 0 Å². The number of alkyl halides is 3. The molecular formula is C24H31F3N4O7S. The van der Waals surface area contributed by atoms with Crippen molar-refractivity contribution in [2.45, 2.75) is 31.0 Å². The molecule has 0 radical (unpaired) electrons. The van der Waals surface area contributed by atoms with Crippen LogP contribution in [0.5, 0.6) is 11.5 Å². The monoisotopic (exact) mass is 576 g/mol. The van der Waals surface area contributed by atoms with Gasteiger partial charge in [0.2, 0.25) is 0 Å². The van der Waals surface area contributed by atoms with Gasteiger partial charge in [0.05, 0.1) is 30.5 Å². The maximum Gasteiger partial charge on any atom is 0.490 e. The van der Waals surface area contributed by atoms with Gasteiger partial charge in [-0.3, -0.25) is 9.52 Å². The maximum atomic E-state index is 13.2. The molecule has 0 aliphatic carbocycles. The van der Waals surface area contributed by atoms with Gasteiger partial charge in [0.15, 0.2) is 11.5 Å². The van der Waals surface area contributed by atoms with E-state index in [0.717, 1.165) is 31.9 Å². The molecule has 216 valence electrons. The number of carbonyl (C=O) groups excluding carboxylic acids is 1. The Morgan fingerprint density at radius 2 is 1.62 bits per heavy atom. The number of sulfonamides is 1. The van der Waals surface area contributed by atoms with Crippen LogP contribution in [0, 0.1) is 0 Å². The van der Waals surface area contributed by atoms with E-state index in [1.807, 2.05) is 13.8 Å². The third-order valence-electron chi connectivity index (χ3n) is 5.29. The van der Waals surface area contributed by atoms with E-state index < -0.39 is 22.2 Å². The molecule has 39 heavy (non-hydrogen) atoms. The van der Waals surface area contributed by atoms with Crippen LogP contribution in [0.1, 0.15) is 24.2 Å². The molecule has 0 unspecified atom stereocenters. The number of nitrogens with zero attached hydrogens (tertiary/aromatic N) is 1. The number of carboxylic acids is 1. The van der Waals surface area contributed by atoms with Gasteiger partial charge in [-0.05, 0) is 44.2 Å². The lowest BCUT2D eigenvalue weighted by atomic mass is 10.1. The predicted molar refractivity (Wildman–Crippen MR) is 138 cm³/mol. The van der Waals surface area contributed by atoms with Crippen molar-refractivity contribution < 1.29 is 45.8 Å². The fourth-order valence-corrected chi connectivity index (χ4v) is 4.55. The molecule has 1 fully saturated rings. The van der Waals surface area contributed by atoms with Crippen LogP contribution in [0.15, 0.2) is 41.3 Å². The second kappa shape index (κ2) is 13.4. The van der Waals surface area contributed by atoms with Gasteiger partial charge in [-0.1, -0.05) is 0 Å². The van der Waals surface area contributed by atoms with E-state index in [1.54, 1.807) is 18.2 Å². The molecule has 4 N–H and O–H groups in total. The highest BCUT2D eigenvalue weighted by Gasteiger charge is 2.38. The third kappa shape index (κ3) is 8.92. The van der Waals surface area contributed by atoms with Crippen molar-refractivity contribution in [1.82, 2.24) is 10.6 Å². The largest absolute Gasteiger partial charge is 0.493 e. The van der Waals surface area contributed by atoms with E-state index >= 15 is 0 Å². The summed E-state index contributed by atoms with van der Waals surface area (Å²) in [6.07, 6.45) is -5.08. The zero-order chi connectivity index (χ0) is 29.4. The molecule has 15 heteroatoms. The van der Waals surface area contributed by atoms with Gasteiger partial charge in [-0.25, -0.2) is 13.2 Å². The lowest BCUT2D eigenvalue weighted by Gasteiger charge is -2.31.